The van der Waals surface area contributed by atoms with E-state index in [0.717, 1.165) is 13.1 Å². The second kappa shape index (κ2) is 3.00. The largest absolute Gasteiger partial charge is 0.378 e. The standard InChI is InChI=1S/C8H10F2N2O2S/c1-5-6(2)15(14,12-4-11)8(9,10)7(5,3)13/h13H,1-3H3/t7-,15?/m1/s1. The van der Waals surface area contributed by atoms with Gasteiger partial charge in [0.2, 0.25) is 6.19 Å². The van der Waals surface area contributed by atoms with Crippen molar-refractivity contribution < 1.29 is 18.1 Å². The fourth-order valence-corrected chi connectivity index (χ4v) is 3.47. The Kier molecular flexibility index (Phi) is 2.41. The third-order valence-corrected chi connectivity index (χ3v) is 5.32. The van der Waals surface area contributed by atoms with Crippen molar-refractivity contribution in [3.8, 4) is 6.19 Å². The zero-order valence-corrected chi connectivity index (χ0v) is 9.23. The van der Waals surface area contributed by atoms with Crippen LogP contribution in [0.15, 0.2) is 14.8 Å². The average Bonchev–Trinajstić information content (AvgIpc) is 2.20. The number of nitriles is 1. The molecule has 15 heavy (non-hydrogen) atoms. The van der Waals surface area contributed by atoms with Crippen molar-refractivity contribution in [1.29, 1.82) is 5.26 Å². The molecule has 0 bridgehead atoms. The lowest BCUT2D eigenvalue weighted by atomic mass is 9.98. The number of nitrogens with zero attached hydrogens (tertiary/aromatic N) is 2. The Balaban J connectivity index is 3.72. The second-order valence-corrected chi connectivity index (χ2v) is 5.85. The van der Waals surface area contributed by atoms with Gasteiger partial charge in [-0.15, -0.1) is 4.36 Å². The molecular formula is C8H10F2N2O2S. The lowest BCUT2D eigenvalue weighted by molar-refractivity contribution is -0.0830. The molecule has 0 aliphatic carbocycles. The summed E-state index contributed by atoms with van der Waals surface area (Å²) in [6.45, 7) is 3.31. The van der Waals surface area contributed by atoms with Gasteiger partial charge in [0.1, 0.15) is 0 Å². The van der Waals surface area contributed by atoms with Crippen molar-refractivity contribution in [2.45, 2.75) is 31.6 Å². The summed E-state index contributed by atoms with van der Waals surface area (Å²) in [5, 5.41) is 13.9. The molecule has 1 unspecified atom stereocenters. The minimum atomic E-state index is -4.16. The molecule has 0 fully saturated rings. The molecule has 0 saturated carbocycles. The second-order valence-electron chi connectivity index (χ2n) is 3.49. The third-order valence-electron chi connectivity index (χ3n) is 2.76. The normalized spacial score (nSPS) is 39.0. The molecule has 84 valence electrons. The van der Waals surface area contributed by atoms with Gasteiger partial charge in [0.15, 0.2) is 15.3 Å². The Morgan fingerprint density at radius 1 is 1.53 bits per heavy atom. The first-order chi connectivity index (χ1) is 6.63. The summed E-state index contributed by atoms with van der Waals surface area (Å²) in [7, 11) is -4.16. The fourth-order valence-electron chi connectivity index (χ4n) is 1.41. The van der Waals surface area contributed by atoms with E-state index < -0.39 is 20.6 Å². The monoisotopic (exact) mass is 236 g/mol. The summed E-state index contributed by atoms with van der Waals surface area (Å²) in [6.07, 6.45) is 1.12. The van der Waals surface area contributed by atoms with Crippen LogP contribution >= 0.6 is 0 Å². The molecule has 1 heterocycles. The van der Waals surface area contributed by atoms with Crippen molar-refractivity contribution >= 4 is 9.73 Å². The molecule has 2 atom stereocenters. The van der Waals surface area contributed by atoms with Crippen LogP contribution in [-0.4, -0.2) is 20.2 Å². The van der Waals surface area contributed by atoms with Gasteiger partial charge in [-0.25, -0.2) is 4.21 Å². The molecule has 0 radical (unpaired) electrons. The maximum atomic E-state index is 13.6. The number of halogens is 2. The Morgan fingerprint density at radius 3 is 2.27 bits per heavy atom. The van der Waals surface area contributed by atoms with Gasteiger partial charge in [-0.1, -0.05) is 0 Å². The van der Waals surface area contributed by atoms with Gasteiger partial charge in [-0.2, -0.15) is 14.0 Å². The first-order valence-corrected chi connectivity index (χ1v) is 5.57. The highest BCUT2D eigenvalue weighted by Crippen LogP contribution is 2.50. The van der Waals surface area contributed by atoms with Gasteiger partial charge in [-0.3, -0.25) is 0 Å². The van der Waals surface area contributed by atoms with E-state index in [9.17, 15) is 18.1 Å². The Labute approximate surface area is 86.4 Å². The van der Waals surface area contributed by atoms with Crippen LogP contribution in [0, 0.1) is 11.5 Å². The summed E-state index contributed by atoms with van der Waals surface area (Å²) in [5.41, 5.74) is -2.62. The van der Waals surface area contributed by atoms with Crippen molar-refractivity contribution in [2.24, 2.45) is 4.36 Å². The van der Waals surface area contributed by atoms with E-state index in [4.69, 9.17) is 5.26 Å². The molecule has 1 N–H and O–H groups in total. The maximum absolute atomic E-state index is 13.6. The first-order valence-electron chi connectivity index (χ1n) is 4.06. The molecular weight excluding hydrogens is 226 g/mol. The summed E-state index contributed by atoms with van der Waals surface area (Å²) < 4.78 is 41.9. The Bertz CT molecular complexity index is 493. The topological polar surface area (TPSA) is 73.5 Å². The van der Waals surface area contributed by atoms with E-state index in [1.165, 1.54) is 13.8 Å². The molecule has 0 aromatic carbocycles. The molecule has 0 aromatic heterocycles. The third kappa shape index (κ3) is 1.15. The molecule has 0 spiro atoms. The highest BCUT2D eigenvalue weighted by molar-refractivity contribution is 7.98. The highest BCUT2D eigenvalue weighted by Gasteiger charge is 2.65. The minimum absolute atomic E-state index is 0.100. The van der Waals surface area contributed by atoms with Crippen LogP contribution in [-0.2, 0) is 9.73 Å². The van der Waals surface area contributed by atoms with Crippen molar-refractivity contribution in [3.05, 3.63) is 10.5 Å². The number of hydrogen-bond donors (Lipinski definition) is 1. The van der Waals surface area contributed by atoms with Crippen molar-refractivity contribution in [1.82, 2.24) is 0 Å². The molecule has 0 amide bonds. The summed E-state index contributed by atoms with van der Waals surface area (Å²) >= 11 is 0. The van der Waals surface area contributed by atoms with Gasteiger partial charge >= 0.3 is 5.25 Å². The predicted octanol–water partition coefficient (Wildman–Crippen LogP) is 1.59. The maximum Gasteiger partial charge on any atom is 0.364 e. The van der Waals surface area contributed by atoms with E-state index in [-0.39, 0.29) is 10.5 Å². The number of alkyl halides is 2. The van der Waals surface area contributed by atoms with Gasteiger partial charge < -0.3 is 5.11 Å². The SMILES string of the molecule is CC1=C(C)S(=O)(=NC#N)C(F)(F)[C@]1(C)O. The van der Waals surface area contributed by atoms with Gasteiger partial charge in [0.05, 0.1) is 0 Å². The van der Waals surface area contributed by atoms with Crippen LogP contribution < -0.4 is 0 Å². The lowest BCUT2D eigenvalue weighted by Crippen LogP contribution is -2.46. The van der Waals surface area contributed by atoms with Crippen LogP contribution in [0.2, 0.25) is 0 Å². The van der Waals surface area contributed by atoms with Crippen LogP contribution in [0.5, 0.6) is 0 Å². The molecule has 7 heteroatoms. The van der Waals surface area contributed by atoms with E-state index >= 15 is 0 Å². The van der Waals surface area contributed by atoms with Crippen LogP contribution in [0.1, 0.15) is 20.8 Å². The smallest absolute Gasteiger partial charge is 0.364 e. The molecule has 1 rings (SSSR count). The zero-order valence-electron chi connectivity index (χ0n) is 8.41. The van der Waals surface area contributed by atoms with Crippen molar-refractivity contribution in [3.63, 3.8) is 0 Å². The van der Waals surface area contributed by atoms with E-state index in [2.05, 4.69) is 4.36 Å². The molecule has 0 saturated heterocycles. The number of aliphatic hydroxyl groups is 1. The molecule has 1 aliphatic rings. The zero-order chi connectivity index (χ0) is 12.1. The van der Waals surface area contributed by atoms with Crippen LogP contribution in [0.25, 0.3) is 0 Å². The predicted molar refractivity (Wildman–Crippen MR) is 50.1 cm³/mol. The minimum Gasteiger partial charge on any atom is -0.378 e. The van der Waals surface area contributed by atoms with E-state index in [0.29, 0.717) is 0 Å². The van der Waals surface area contributed by atoms with Crippen molar-refractivity contribution in [2.75, 3.05) is 0 Å². The molecule has 1 aliphatic heterocycles. The summed E-state index contributed by atoms with van der Waals surface area (Å²) in [5.74, 6) is 0. The average molecular weight is 236 g/mol. The van der Waals surface area contributed by atoms with Crippen LogP contribution in [0.4, 0.5) is 8.78 Å². The highest BCUT2D eigenvalue weighted by atomic mass is 32.2. The number of hydrogen-bond acceptors (Lipinski definition) is 4. The Morgan fingerprint density at radius 2 is 2.00 bits per heavy atom. The van der Waals surface area contributed by atoms with Gasteiger partial charge in [-0.05, 0) is 26.3 Å². The molecule has 4 nitrogen and oxygen atoms in total. The summed E-state index contributed by atoms with van der Waals surface area (Å²) in [6, 6.07) is 0. The number of allylic oxidation sites excluding steroid dienone is 1. The van der Waals surface area contributed by atoms with E-state index in [1.54, 1.807) is 0 Å². The van der Waals surface area contributed by atoms with Gasteiger partial charge in [0, 0.05) is 4.91 Å². The summed E-state index contributed by atoms with van der Waals surface area (Å²) in [4.78, 5) is -0.223. The lowest BCUT2D eigenvalue weighted by Gasteiger charge is -2.26. The Hall–Kier alpha value is -1.00. The fraction of sp³-hybridized carbons (Fsp3) is 0.625. The van der Waals surface area contributed by atoms with E-state index in [1.807, 2.05) is 0 Å². The first kappa shape index (κ1) is 12.1. The quantitative estimate of drug-likeness (QED) is 0.649. The molecule has 0 aromatic rings. The van der Waals surface area contributed by atoms with Crippen LogP contribution in [0.3, 0.4) is 0 Å². The van der Waals surface area contributed by atoms with Gasteiger partial charge in [0.25, 0.3) is 0 Å². The number of rotatable bonds is 0.